The lowest BCUT2D eigenvalue weighted by atomic mass is 9.90. The Morgan fingerprint density at radius 2 is 1.50 bits per heavy atom. The van der Waals surface area contributed by atoms with Crippen LogP contribution in [0, 0.1) is 0 Å². The summed E-state index contributed by atoms with van der Waals surface area (Å²) in [5.41, 5.74) is -3.16. The van der Waals surface area contributed by atoms with E-state index in [0.29, 0.717) is 5.56 Å². The number of hydrogen-bond donors (Lipinski definition) is 1. The minimum absolute atomic E-state index is 0.00902. The molecule has 11 nitrogen and oxygen atoms in total. The van der Waals surface area contributed by atoms with Crippen LogP contribution in [0.15, 0.2) is 45.6 Å². The average molecular weight is 524 g/mol. The summed E-state index contributed by atoms with van der Waals surface area (Å²) in [7, 11) is 0. The summed E-state index contributed by atoms with van der Waals surface area (Å²) in [6, 6.07) is 9.70. The van der Waals surface area contributed by atoms with E-state index in [1.165, 1.54) is 13.8 Å². The first-order valence-corrected chi connectivity index (χ1v) is 11.4. The zero-order valence-corrected chi connectivity index (χ0v) is 20.7. The van der Waals surface area contributed by atoms with Gasteiger partial charge in [0.05, 0.1) is 19.8 Å². The Hall–Kier alpha value is -3.86. The first kappa shape index (κ1) is 28.4. The number of nitrogens with one attached hydrogen (secondary N) is 1. The van der Waals surface area contributed by atoms with Crippen LogP contribution in [0.3, 0.4) is 0 Å². The van der Waals surface area contributed by atoms with Crippen LogP contribution in [0.5, 0.6) is 0 Å². The van der Waals surface area contributed by atoms with Gasteiger partial charge in [-0.2, -0.15) is 0 Å². The van der Waals surface area contributed by atoms with Crippen molar-refractivity contribution in [2.24, 2.45) is 0 Å². The van der Waals surface area contributed by atoms with Gasteiger partial charge < -0.3 is 23.4 Å². The molecule has 0 radical (unpaired) electrons. The number of alkyl carbamates (subject to hydrolysis) is 1. The van der Waals surface area contributed by atoms with Gasteiger partial charge in [0.25, 0.3) is 0 Å². The van der Waals surface area contributed by atoms with Gasteiger partial charge in [-0.05, 0) is 38.0 Å². The van der Waals surface area contributed by atoms with Crippen molar-refractivity contribution in [1.82, 2.24) is 5.32 Å². The molecule has 0 unspecified atom stereocenters. The van der Waals surface area contributed by atoms with Crippen LogP contribution in [0.1, 0.15) is 42.5 Å². The van der Waals surface area contributed by atoms with E-state index in [0.717, 1.165) is 6.07 Å². The van der Waals surface area contributed by atoms with Crippen LogP contribution < -0.4 is 10.9 Å². The van der Waals surface area contributed by atoms with Gasteiger partial charge >= 0.3 is 29.6 Å². The molecule has 0 atom stereocenters. The monoisotopic (exact) mass is 523 g/mol. The number of amides is 1. The lowest BCUT2D eigenvalue weighted by Crippen LogP contribution is -2.63. The molecule has 0 aliphatic rings. The Morgan fingerprint density at radius 1 is 0.917 bits per heavy atom. The minimum Gasteiger partial charge on any atom is -0.464 e. The molecule has 2 rings (SSSR count). The highest BCUT2D eigenvalue weighted by atomic mass is 35.5. The summed E-state index contributed by atoms with van der Waals surface area (Å²) in [5.74, 6) is -3.88. The molecule has 12 heteroatoms. The van der Waals surface area contributed by atoms with Gasteiger partial charge in [-0.1, -0.05) is 41.9 Å². The summed E-state index contributed by atoms with van der Waals surface area (Å²) in [6.07, 6.45) is -1.87. The maximum Gasteiger partial charge on any atom is 0.408 e. The van der Waals surface area contributed by atoms with Crippen LogP contribution in [-0.2, 0) is 41.6 Å². The highest BCUT2D eigenvalue weighted by Gasteiger charge is 2.51. The van der Waals surface area contributed by atoms with E-state index in [1.807, 2.05) is 0 Å². The van der Waals surface area contributed by atoms with Crippen molar-refractivity contribution >= 4 is 35.6 Å². The van der Waals surface area contributed by atoms with Gasteiger partial charge in [-0.15, -0.1) is 0 Å². The normalized spacial score (nSPS) is 10.8. The van der Waals surface area contributed by atoms with E-state index in [9.17, 15) is 24.0 Å². The Balaban J connectivity index is 2.51. The molecule has 0 aliphatic carbocycles. The summed E-state index contributed by atoms with van der Waals surface area (Å²) >= 11 is 6.09. The summed E-state index contributed by atoms with van der Waals surface area (Å²) in [5, 5.41) is 1.69. The Kier molecular flexibility index (Phi) is 10.5. The van der Waals surface area contributed by atoms with Gasteiger partial charge in [0.1, 0.15) is 11.6 Å². The van der Waals surface area contributed by atoms with E-state index in [-0.39, 0.29) is 32.0 Å². The van der Waals surface area contributed by atoms with Gasteiger partial charge in [0.15, 0.2) is 0 Å². The second-order valence-electron chi connectivity index (χ2n) is 7.17. The van der Waals surface area contributed by atoms with E-state index in [1.54, 1.807) is 37.3 Å². The molecule has 1 aromatic heterocycles. The van der Waals surface area contributed by atoms with E-state index in [4.69, 9.17) is 35.0 Å². The maximum atomic E-state index is 13.1. The summed E-state index contributed by atoms with van der Waals surface area (Å²) in [6.45, 7) is 4.04. The van der Waals surface area contributed by atoms with Gasteiger partial charge in [-0.25, -0.2) is 24.0 Å². The predicted octanol–water partition coefficient (Wildman–Crippen LogP) is 2.80. The maximum absolute atomic E-state index is 13.1. The number of halogens is 1. The molecule has 0 aliphatic heterocycles. The highest BCUT2D eigenvalue weighted by molar-refractivity contribution is 6.31. The molecule has 0 bridgehead atoms. The van der Waals surface area contributed by atoms with Crippen LogP contribution in [0.4, 0.5) is 4.79 Å². The standard InChI is InChI=1S/C24H26ClNO10/c1-4-32-19(27)17-12-16(18(25)20(28)36-17)13-24(21(29)33-5-2,22(30)34-6-3)26-23(31)35-14-15-10-8-7-9-11-15/h7-12H,4-6,13-14H2,1-3H3,(H,26,31). The lowest BCUT2D eigenvalue weighted by Gasteiger charge is -2.30. The van der Waals surface area contributed by atoms with Crippen molar-refractivity contribution in [2.75, 3.05) is 19.8 Å². The fourth-order valence-electron chi connectivity index (χ4n) is 3.06. The molecule has 0 fully saturated rings. The fraction of sp³-hybridized carbons (Fsp3) is 0.375. The molecule has 2 aromatic rings. The van der Waals surface area contributed by atoms with Crippen molar-refractivity contribution in [3.05, 3.63) is 68.7 Å². The molecule has 194 valence electrons. The second-order valence-corrected chi connectivity index (χ2v) is 7.55. The van der Waals surface area contributed by atoms with Crippen LogP contribution in [-0.4, -0.2) is 49.4 Å². The Morgan fingerprint density at radius 3 is 2.06 bits per heavy atom. The molecular weight excluding hydrogens is 498 g/mol. The smallest absolute Gasteiger partial charge is 0.408 e. The molecular formula is C24H26ClNO10. The van der Waals surface area contributed by atoms with E-state index < -0.39 is 52.4 Å². The third-order valence-corrected chi connectivity index (χ3v) is 5.07. The van der Waals surface area contributed by atoms with Crippen molar-refractivity contribution in [1.29, 1.82) is 0 Å². The number of carbonyl (C=O) groups excluding carboxylic acids is 4. The number of rotatable bonds is 11. The minimum atomic E-state index is -2.51. The number of ether oxygens (including phenoxy) is 4. The van der Waals surface area contributed by atoms with Crippen LogP contribution in [0.25, 0.3) is 0 Å². The number of benzene rings is 1. The number of hydrogen-bond acceptors (Lipinski definition) is 10. The van der Waals surface area contributed by atoms with Crippen molar-refractivity contribution in [3.63, 3.8) is 0 Å². The molecule has 36 heavy (non-hydrogen) atoms. The third-order valence-electron chi connectivity index (χ3n) is 4.68. The van der Waals surface area contributed by atoms with E-state index in [2.05, 4.69) is 5.32 Å². The fourth-order valence-corrected chi connectivity index (χ4v) is 3.22. The van der Waals surface area contributed by atoms with Crippen LogP contribution in [0.2, 0.25) is 5.02 Å². The van der Waals surface area contributed by atoms with E-state index >= 15 is 0 Å². The van der Waals surface area contributed by atoms with Crippen molar-refractivity contribution in [2.45, 2.75) is 39.3 Å². The molecule has 1 N–H and O–H groups in total. The van der Waals surface area contributed by atoms with Gasteiger partial charge in [0, 0.05) is 6.42 Å². The Bertz CT molecular complexity index is 1130. The molecule has 1 aromatic carbocycles. The zero-order valence-electron chi connectivity index (χ0n) is 20.0. The van der Waals surface area contributed by atoms with Crippen molar-refractivity contribution in [3.8, 4) is 0 Å². The zero-order chi connectivity index (χ0) is 26.7. The number of esters is 3. The van der Waals surface area contributed by atoms with Gasteiger partial charge in [0.2, 0.25) is 11.3 Å². The predicted molar refractivity (Wildman–Crippen MR) is 125 cm³/mol. The second kappa shape index (κ2) is 13.3. The average Bonchev–Trinajstić information content (AvgIpc) is 2.85. The topological polar surface area (TPSA) is 147 Å². The molecule has 0 spiro atoms. The van der Waals surface area contributed by atoms with Gasteiger partial charge in [-0.3, -0.25) is 5.32 Å². The molecule has 1 heterocycles. The quantitative estimate of drug-likeness (QED) is 0.265. The molecule has 0 saturated heterocycles. The highest BCUT2D eigenvalue weighted by Crippen LogP contribution is 2.24. The molecule has 1 amide bonds. The first-order valence-electron chi connectivity index (χ1n) is 11.0. The van der Waals surface area contributed by atoms with Crippen molar-refractivity contribution < 1.29 is 42.5 Å². The lowest BCUT2D eigenvalue weighted by molar-refractivity contribution is -0.166. The molecule has 0 saturated carbocycles. The largest absolute Gasteiger partial charge is 0.464 e. The summed E-state index contributed by atoms with van der Waals surface area (Å²) in [4.78, 5) is 63.3. The first-order chi connectivity index (χ1) is 17.2. The Labute approximate surface area is 211 Å². The third kappa shape index (κ3) is 7.08. The SMILES string of the molecule is CCOC(=O)c1cc(CC(NC(=O)OCc2ccccc2)(C(=O)OCC)C(=O)OCC)c(Cl)c(=O)o1. The van der Waals surface area contributed by atoms with Crippen LogP contribution >= 0.6 is 11.6 Å². The number of carbonyl (C=O) groups is 4. The summed E-state index contributed by atoms with van der Waals surface area (Å²) < 4.78 is 25.0.